The zero-order valence-corrected chi connectivity index (χ0v) is 17.5. The van der Waals surface area contributed by atoms with Gasteiger partial charge in [0.1, 0.15) is 11.9 Å². The third-order valence-corrected chi connectivity index (χ3v) is 6.11. The Hall–Kier alpha value is -1.66. The van der Waals surface area contributed by atoms with Crippen LogP contribution in [0.15, 0.2) is 29.3 Å². The molecule has 1 aliphatic rings. The lowest BCUT2D eigenvalue weighted by atomic mass is 9.99. The average Bonchev–Trinajstić information content (AvgIpc) is 3.24. The van der Waals surface area contributed by atoms with Gasteiger partial charge in [0.25, 0.3) is 0 Å². The first-order valence-electron chi connectivity index (χ1n) is 9.04. The minimum atomic E-state index is -0.0201. The van der Waals surface area contributed by atoms with Crippen LogP contribution in [0.1, 0.15) is 41.1 Å². The predicted molar refractivity (Wildman–Crippen MR) is 115 cm³/mol. The van der Waals surface area contributed by atoms with Crippen LogP contribution in [0.5, 0.6) is 5.75 Å². The maximum atomic E-state index is 9.53. The molecule has 2 heterocycles. The van der Waals surface area contributed by atoms with Crippen molar-refractivity contribution in [3.63, 3.8) is 0 Å². The zero-order valence-electron chi connectivity index (χ0n) is 15.9. The Morgan fingerprint density at radius 3 is 2.85 bits per heavy atom. The Morgan fingerprint density at radius 1 is 1.48 bits per heavy atom. The predicted octanol–water partition coefficient (Wildman–Crippen LogP) is 5.12. The van der Waals surface area contributed by atoms with E-state index in [2.05, 4.69) is 24.0 Å². The van der Waals surface area contributed by atoms with Gasteiger partial charge in [0.15, 0.2) is 0 Å². The van der Waals surface area contributed by atoms with Crippen molar-refractivity contribution in [2.75, 3.05) is 6.54 Å². The van der Waals surface area contributed by atoms with Crippen LogP contribution in [0, 0.1) is 6.92 Å². The van der Waals surface area contributed by atoms with E-state index in [1.807, 2.05) is 38.1 Å². The summed E-state index contributed by atoms with van der Waals surface area (Å²) in [6.45, 7) is 10.7. The van der Waals surface area contributed by atoms with Gasteiger partial charge in [-0.25, -0.2) is 0 Å². The van der Waals surface area contributed by atoms with E-state index in [4.69, 9.17) is 16.3 Å². The highest BCUT2D eigenvalue weighted by atomic mass is 35.5. The molecule has 1 saturated heterocycles. The number of nitrogens with one attached hydrogen (secondary N) is 1. The van der Waals surface area contributed by atoms with Crippen LogP contribution in [0.25, 0.3) is 5.57 Å². The Bertz CT molecular complexity index is 875. The topological polar surface area (TPSA) is 53.9 Å². The fourth-order valence-electron chi connectivity index (χ4n) is 3.46. The summed E-state index contributed by atoms with van der Waals surface area (Å²) in [5.74, 6) is 0.849. The van der Waals surface area contributed by atoms with Gasteiger partial charge in [-0.3, -0.25) is 4.99 Å². The summed E-state index contributed by atoms with van der Waals surface area (Å²) in [4.78, 5) is 5.95. The van der Waals surface area contributed by atoms with Gasteiger partial charge in [0, 0.05) is 40.0 Å². The van der Waals surface area contributed by atoms with Crippen LogP contribution in [-0.2, 0) is 6.61 Å². The molecule has 1 fully saturated rings. The molecule has 2 atom stereocenters. The highest BCUT2D eigenvalue weighted by Gasteiger charge is 2.25. The highest BCUT2D eigenvalue weighted by Crippen LogP contribution is 2.43. The molecule has 6 heteroatoms. The minimum absolute atomic E-state index is 0.0201. The van der Waals surface area contributed by atoms with Gasteiger partial charge < -0.3 is 15.2 Å². The molecule has 144 valence electrons. The lowest BCUT2D eigenvalue weighted by Gasteiger charge is -2.20. The Balaban J connectivity index is 2.08. The van der Waals surface area contributed by atoms with Crippen LogP contribution >= 0.6 is 22.9 Å². The third-order valence-electron chi connectivity index (χ3n) is 4.75. The molecular weight excluding hydrogens is 380 g/mol. The molecule has 1 aromatic carbocycles. The Morgan fingerprint density at radius 2 is 2.26 bits per heavy atom. The quantitative estimate of drug-likeness (QED) is 0.657. The molecular formula is C21H25ClN2O2S. The number of aryl methyl sites for hydroxylation is 1. The number of aliphatic hydroxyl groups is 1. The fourth-order valence-corrected chi connectivity index (χ4v) is 4.80. The average molecular weight is 405 g/mol. The molecule has 0 unspecified atom stereocenters. The molecule has 27 heavy (non-hydrogen) atoms. The van der Waals surface area contributed by atoms with Gasteiger partial charge >= 0.3 is 0 Å². The number of thiophene rings is 1. The molecule has 0 spiro atoms. The largest absolute Gasteiger partial charge is 0.488 e. The van der Waals surface area contributed by atoms with Gasteiger partial charge in [-0.1, -0.05) is 17.7 Å². The van der Waals surface area contributed by atoms with Gasteiger partial charge in [0.2, 0.25) is 0 Å². The third kappa shape index (κ3) is 4.27. The molecule has 0 bridgehead atoms. The van der Waals surface area contributed by atoms with Crippen molar-refractivity contribution in [2.24, 2.45) is 4.99 Å². The molecule has 1 aliphatic heterocycles. The first-order valence-corrected chi connectivity index (χ1v) is 10.2. The smallest absolute Gasteiger partial charge is 0.130 e. The SMILES string of the molecule is C=Nc1cc(CO)sc1/C(=C\C)c1cc(Cl)cc(C)c1O[C@@H]1CN[C@H](C)C1. The maximum Gasteiger partial charge on any atom is 0.130 e. The number of halogens is 1. The number of ether oxygens (including phenoxy) is 1. The maximum absolute atomic E-state index is 9.53. The standard InChI is InChI=1S/C21H25ClN2O2S/c1-5-17(21-19(23-4)9-16(11-25)27-21)18-8-14(22)6-12(2)20(18)26-15-7-13(3)24-10-15/h5-6,8-9,13,15,24-25H,4,7,10-11H2,1-3H3/b17-5-/t13-,15+/m1/s1. The summed E-state index contributed by atoms with van der Waals surface area (Å²) in [5.41, 5.74) is 3.69. The van der Waals surface area contributed by atoms with E-state index >= 15 is 0 Å². The minimum Gasteiger partial charge on any atom is -0.488 e. The number of benzene rings is 1. The molecule has 0 saturated carbocycles. The van der Waals surface area contributed by atoms with Gasteiger partial charge in [-0.2, -0.15) is 0 Å². The molecule has 0 aliphatic carbocycles. The van der Waals surface area contributed by atoms with Crippen molar-refractivity contribution in [1.82, 2.24) is 5.32 Å². The number of hydrogen-bond acceptors (Lipinski definition) is 5. The van der Waals surface area contributed by atoms with Crippen LogP contribution in [0.3, 0.4) is 0 Å². The van der Waals surface area contributed by atoms with Crippen molar-refractivity contribution in [3.05, 3.63) is 50.2 Å². The second-order valence-corrected chi connectivity index (χ2v) is 8.40. The second-order valence-electron chi connectivity index (χ2n) is 6.83. The number of rotatable bonds is 6. The summed E-state index contributed by atoms with van der Waals surface area (Å²) in [7, 11) is 0. The first-order chi connectivity index (χ1) is 13.0. The Labute approximate surface area is 169 Å². The summed E-state index contributed by atoms with van der Waals surface area (Å²) in [6, 6.07) is 6.20. The van der Waals surface area contributed by atoms with E-state index < -0.39 is 0 Å². The lowest BCUT2D eigenvalue weighted by Crippen LogP contribution is -2.21. The van der Waals surface area contributed by atoms with E-state index in [1.165, 1.54) is 11.3 Å². The number of aliphatic hydroxyl groups excluding tert-OH is 1. The van der Waals surface area contributed by atoms with E-state index in [9.17, 15) is 5.11 Å². The highest BCUT2D eigenvalue weighted by molar-refractivity contribution is 7.13. The zero-order chi connectivity index (χ0) is 19.6. The van der Waals surface area contributed by atoms with Crippen molar-refractivity contribution in [2.45, 2.75) is 45.9 Å². The van der Waals surface area contributed by atoms with Crippen molar-refractivity contribution in [3.8, 4) is 5.75 Å². The van der Waals surface area contributed by atoms with Crippen LogP contribution in [-0.4, -0.2) is 30.5 Å². The van der Waals surface area contributed by atoms with Gasteiger partial charge in [-0.15, -0.1) is 11.3 Å². The fraction of sp³-hybridized carbons (Fsp3) is 0.381. The molecule has 2 N–H and O–H groups in total. The molecule has 3 rings (SSSR count). The van der Waals surface area contributed by atoms with E-state index in [1.54, 1.807) is 0 Å². The normalized spacial score (nSPS) is 20.1. The Kier molecular flexibility index (Phi) is 6.37. The summed E-state index contributed by atoms with van der Waals surface area (Å²) in [6.07, 6.45) is 3.14. The molecule has 1 aromatic heterocycles. The van der Waals surface area contributed by atoms with Crippen molar-refractivity contribution < 1.29 is 9.84 Å². The number of allylic oxidation sites excluding steroid dienone is 1. The monoisotopic (exact) mass is 404 g/mol. The van der Waals surface area contributed by atoms with Gasteiger partial charge in [-0.05, 0) is 51.3 Å². The van der Waals surface area contributed by atoms with Crippen molar-refractivity contribution in [1.29, 1.82) is 0 Å². The first kappa shape index (κ1) is 20.1. The van der Waals surface area contributed by atoms with Crippen LogP contribution in [0.2, 0.25) is 5.02 Å². The molecule has 0 amide bonds. The number of nitrogens with zero attached hydrogens (tertiary/aromatic N) is 1. The molecule has 2 aromatic rings. The molecule has 0 radical (unpaired) electrons. The summed E-state index contributed by atoms with van der Waals surface area (Å²) >= 11 is 7.90. The van der Waals surface area contributed by atoms with Crippen LogP contribution in [0.4, 0.5) is 5.69 Å². The van der Waals surface area contributed by atoms with Crippen LogP contribution < -0.4 is 10.1 Å². The van der Waals surface area contributed by atoms with E-state index in [0.29, 0.717) is 11.1 Å². The van der Waals surface area contributed by atoms with Crippen molar-refractivity contribution >= 4 is 40.9 Å². The van der Waals surface area contributed by atoms with E-state index in [-0.39, 0.29) is 12.7 Å². The number of aliphatic imine (C=N–C) groups is 1. The summed E-state index contributed by atoms with van der Waals surface area (Å²) < 4.78 is 6.42. The second kappa shape index (κ2) is 8.57. The summed E-state index contributed by atoms with van der Waals surface area (Å²) in [5, 5.41) is 13.6. The number of hydrogen-bond donors (Lipinski definition) is 2. The van der Waals surface area contributed by atoms with Gasteiger partial charge in [0.05, 0.1) is 17.2 Å². The molecule has 4 nitrogen and oxygen atoms in total. The lowest BCUT2D eigenvalue weighted by molar-refractivity contribution is 0.218. The van der Waals surface area contributed by atoms with E-state index in [0.717, 1.165) is 50.9 Å².